The van der Waals surface area contributed by atoms with Crippen LogP contribution >= 0.6 is 15.9 Å². The first-order chi connectivity index (χ1) is 9.74. The second-order valence-electron chi connectivity index (χ2n) is 4.21. The van der Waals surface area contributed by atoms with Gasteiger partial charge in [0.1, 0.15) is 11.8 Å². The molecule has 2 rings (SSSR count). The largest absolute Gasteiger partial charge is 0.494 e. The van der Waals surface area contributed by atoms with Gasteiger partial charge in [-0.15, -0.1) is 0 Å². The Morgan fingerprint density at radius 3 is 2.80 bits per heavy atom. The van der Waals surface area contributed by atoms with Gasteiger partial charge in [0.15, 0.2) is 0 Å². The van der Waals surface area contributed by atoms with Crippen LogP contribution in [-0.4, -0.2) is 6.61 Å². The van der Waals surface area contributed by atoms with Gasteiger partial charge in [-0.2, -0.15) is 5.26 Å². The Morgan fingerprint density at radius 2 is 2.05 bits per heavy atom. The minimum Gasteiger partial charge on any atom is -0.494 e. The molecular formula is C16H15BrN2O. The van der Waals surface area contributed by atoms with E-state index in [0.717, 1.165) is 21.5 Å². The number of nitrogens with one attached hydrogen (secondary N) is 1. The molecule has 0 aliphatic rings. The Kier molecular flexibility index (Phi) is 5.03. The standard InChI is InChI=1S/C16H15BrN2O/c1-2-20-13-6-3-5-12(9-13)11-19-16-8-4-7-15(17)14(16)10-18/h3-9,19H,2,11H2,1H3. The van der Waals surface area contributed by atoms with Crippen molar-refractivity contribution in [1.82, 2.24) is 0 Å². The molecule has 2 aromatic carbocycles. The Hall–Kier alpha value is -1.99. The van der Waals surface area contributed by atoms with E-state index < -0.39 is 0 Å². The van der Waals surface area contributed by atoms with Gasteiger partial charge in [-0.1, -0.05) is 18.2 Å². The van der Waals surface area contributed by atoms with Crippen molar-refractivity contribution in [3.05, 3.63) is 58.1 Å². The van der Waals surface area contributed by atoms with Crippen molar-refractivity contribution >= 4 is 21.6 Å². The monoisotopic (exact) mass is 330 g/mol. The van der Waals surface area contributed by atoms with Crippen LogP contribution in [0.2, 0.25) is 0 Å². The van der Waals surface area contributed by atoms with E-state index in [9.17, 15) is 5.26 Å². The highest BCUT2D eigenvalue weighted by atomic mass is 79.9. The number of hydrogen-bond acceptors (Lipinski definition) is 3. The van der Waals surface area contributed by atoms with E-state index in [1.54, 1.807) is 0 Å². The second kappa shape index (κ2) is 6.97. The molecule has 0 saturated carbocycles. The molecule has 0 aromatic heterocycles. The third-order valence-electron chi connectivity index (χ3n) is 2.82. The first kappa shape index (κ1) is 14.4. The average Bonchev–Trinajstić information content (AvgIpc) is 2.46. The summed E-state index contributed by atoms with van der Waals surface area (Å²) in [7, 11) is 0. The first-order valence-corrected chi connectivity index (χ1v) is 7.18. The van der Waals surface area contributed by atoms with Crippen molar-refractivity contribution in [3.8, 4) is 11.8 Å². The topological polar surface area (TPSA) is 45.0 Å². The highest BCUT2D eigenvalue weighted by Gasteiger charge is 2.05. The summed E-state index contributed by atoms with van der Waals surface area (Å²) in [6.45, 7) is 3.26. The van der Waals surface area contributed by atoms with Gasteiger partial charge in [-0.3, -0.25) is 0 Å². The van der Waals surface area contributed by atoms with Crippen LogP contribution in [0.1, 0.15) is 18.1 Å². The Bertz CT molecular complexity index is 635. The molecule has 1 N–H and O–H groups in total. The van der Waals surface area contributed by atoms with Crippen LogP contribution in [0.25, 0.3) is 0 Å². The minimum absolute atomic E-state index is 0.619. The van der Waals surface area contributed by atoms with Crippen molar-refractivity contribution in [2.75, 3.05) is 11.9 Å². The number of halogens is 1. The van der Waals surface area contributed by atoms with Gasteiger partial charge in [0.05, 0.1) is 17.9 Å². The second-order valence-corrected chi connectivity index (χ2v) is 5.06. The predicted octanol–water partition coefficient (Wildman–Crippen LogP) is 4.33. The Balaban J connectivity index is 2.11. The van der Waals surface area contributed by atoms with E-state index in [4.69, 9.17) is 4.74 Å². The van der Waals surface area contributed by atoms with Gasteiger partial charge in [0.25, 0.3) is 0 Å². The molecule has 0 spiro atoms. The zero-order valence-electron chi connectivity index (χ0n) is 11.2. The number of rotatable bonds is 5. The maximum absolute atomic E-state index is 9.17. The molecule has 20 heavy (non-hydrogen) atoms. The van der Waals surface area contributed by atoms with E-state index in [1.165, 1.54) is 0 Å². The minimum atomic E-state index is 0.619. The summed E-state index contributed by atoms with van der Waals surface area (Å²) in [5.41, 5.74) is 2.55. The zero-order valence-corrected chi connectivity index (χ0v) is 12.8. The summed E-state index contributed by atoms with van der Waals surface area (Å²) in [6.07, 6.45) is 0. The molecule has 3 nitrogen and oxygen atoms in total. The highest BCUT2D eigenvalue weighted by Crippen LogP contribution is 2.24. The van der Waals surface area contributed by atoms with Crippen LogP contribution in [0.15, 0.2) is 46.9 Å². The summed E-state index contributed by atoms with van der Waals surface area (Å²) in [5.74, 6) is 0.863. The third kappa shape index (κ3) is 3.52. The van der Waals surface area contributed by atoms with Gasteiger partial charge >= 0.3 is 0 Å². The number of nitrogens with zero attached hydrogens (tertiary/aromatic N) is 1. The zero-order chi connectivity index (χ0) is 14.4. The Labute approximate surface area is 127 Å². The molecule has 2 aromatic rings. The lowest BCUT2D eigenvalue weighted by molar-refractivity contribution is 0.340. The van der Waals surface area contributed by atoms with E-state index in [1.807, 2.05) is 49.4 Å². The summed E-state index contributed by atoms with van der Waals surface area (Å²) < 4.78 is 6.27. The molecule has 4 heteroatoms. The molecule has 0 aliphatic carbocycles. The third-order valence-corrected chi connectivity index (χ3v) is 3.48. The van der Waals surface area contributed by atoms with Crippen LogP contribution in [0.5, 0.6) is 5.75 Å². The fourth-order valence-corrected chi connectivity index (χ4v) is 2.35. The SMILES string of the molecule is CCOc1cccc(CNc2cccc(Br)c2C#N)c1. The number of nitriles is 1. The highest BCUT2D eigenvalue weighted by molar-refractivity contribution is 9.10. The van der Waals surface area contributed by atoms with Crippen molar-refractivity contribution in [1.29, 1.82) is 5.26 Å². The molecule has 0 unspecified atom stereocenters. The normalized spacial score (nSPS) is 9.85. The number of benzene rings is 2. The van der Waals surface area contributed by atoms with Crippen molar-refractivity contribution in [3.63, 3.8) is 0 Å². The smallest absolute Gasteiger partial charge is 0.119 e. The quantitative estimate of drug-likeness (QED) is 0.887. The molecule has 0 atom stereocenters. The molecule has 0 saturated heterocycles. The number of hydrogen-bond donors (Lipinski definition) is 1. The maximum Gasteiger partial charge on any atom is 0.119 e. The summed E-state index contributed by atoms with van der Waals surface area (Å²) >= 11 is 3.38. The predicted molar refractivity (Wildman–Crippen MR) is 83.8 cm³/mol. The summed E-state index contributed by atoms with van der Waals surface area (Å²) in [4.78, 5) is 0. The van der Waals surface area contributed by atoms with Crippen molar-refractivity contribution in [2.45, 2.75) is 13.5 Å². The van der Waals surface area contributed by atoms with Crippen molar-refractivity contribution < 1.29 is 4.74 Å². The van der Waals surface area contributed by atoms with Crippen molar-refractivity contribution in [2.24, 2.45) is 0 Å². The Morgan fingerprint density at radius 1 is 1.25 bits per heavy atom. The molecular weight excluding hydrogens is 316 g/mol. The van der Waals surface area contributed by atoms with Crippen LogP contribution < -0.4 is 10.1 Å². The van der Waals surface area contributed by atoms with Gasteiger partial charge in [0, 0.05) is 11.0 Å². The van der Waals surface area contributed by atoms with E-state index in [0.29, 0.717) is 18.7 Å². The molecule has 0 radical (unpaired) electrons. The van der Waals surface area contributed by atoms with Gasteiger partial charge in [0.2, 0.25) is 0 Å². The molecule has 102 valence electrons. The lowest BCUT2D eigenvalue weighted by atomic mass is 10.1. The lowest BCUT2D eigenvalue weighted by Gasteiger charge is -2.10. The molecule has 0 amide bonds. The van der Waals surface area contributed by atoms with E-state index in [-0.39, 0.29) is 0 Å². The van der Waals surface area contributed by atoms with E-state index >= 15 is 0 Å². The van der Waals surface area contributed by atoms with Gasteiger partial charge in [-0.25, -0.2) is 0 Å². The van der Waals surface area contributed by atoms with Crippen LogP contribution in [0.4, 0.5) is 5.69 Å². The van der Waals surface area contributed by atoms with E-state index in [2.05, 4.69) is 27.3 Å². The maximum atomic E-state index is 9.17. The molecule has 0 bridgehead atoms. The lowest BCUT2D eigenvalue weighted by Crippen LogP contribution is -2.02. The molecule has 0 aliphatic heterocycles. The van der Waals surface area contributed by atoms with Crippen LogP contribution in [0.3, 0.4) is 0 Å². The fraction of sp³-hybridized carbons (Fsp3) is 0.188. The molecule has 0 fully saturated rings. The number of ether oxygens (including phenoxy) is 1. The average molecular weight is 331 g/mol. The summed E-state index contributed by atoms with van der Waals surface area (Å²) in [6, 6.07) is 15.8. The van der Waals surface area contributed by atoms with Gasteiger partial charge < -0.3 is 10.1 Å². The van der Waals surface area contributed by atoms with Crippen LogP contribution in [0, 0.1) is 11.3 Å². The van der Waals surface area contributed by atoms with Gasteiger partial charge in [-0.05, 0) is 52.7 Å². The summed E-state index contributed by atoms with van der Waals surface area (Å²) in [5, 5.41) is 12.5. The fourth-order valence-electron chi connectivity index (χ4n) is 1.89. The first-order valence-electron chi connectivity index (χ1n) is 6.38. The number of anilines is 1. The van der Waals surface area contributed by atoms with Crippen LogP contribution in [-0.2, 0) is 6.54 Å². The molecule has 0 heterocycles.